The molecule has 2 aromatic carbocycles. The van der Waals surface area contributed by atoms with Crippen molar-refractivity contribution in [2.45, 2.75) is 12.0 Å². The molecule has 0 aliphatic heterocycles. The molecule has 1 atom stereocenters. The van der Waals surface area contributed by atoms with E-state index < -0.39 is 11.6 Å². The number of hydrogen-bond acceptors (Lipinski definition) is 6. The fourth-order valence-electron chi connectivity index (χ4n) is 2.97. The molecule has 1 aliphatic carbocycles. The number of methoxy groups -OCH3 is 3. The van der Waals surface area contributed by atoms with E-state index in [2.05, 4.69) is 10.2 Å². The van der Waals surface area contributed by atoms with Crippen LogP contribution in [-0.4, -0.2) is 32.9 Å². The summed E-state index contributed by atoms with van der Waals surface area (Å²) in [5.74, 6) is 0.300. The molecule has 1 unspecified atom stereocenters. The number of carbonyl (C=O) groups is 1. The van der Waals surface area contributed by atoms with E-state index in [4.69, 9.17) is 14.2 Å². The first kappa shape index (κ1) is 19.5. The van der Waals surface area contributed by atoms with Crippen molar-refractivity contribution < 1.29 is 19.0 Å². The summed E-state index contributed by atoms with van der Waals surface area (Å²) >= 11 is 0. The van der Waals surface area contributed by atoms with Crippen molar-refractivity contribution in [2.75, 3.05) is 21.3 Å². The minimum atomic E-state index is -1.09. The third-order valence-corrected chi connectivity index (χ3v) is 4.59. The molecule has 0 heterocycles. The predicted molar refractivity (Wildman–Crippen MR) is 107 cm³/mol. The molecule has 0 bridgehead atoms. The van der Waals surface area contributed by atoms with E-state index in [9.17, 15) is 4.79 Å². The number of ether oxygens (including phenoxy) is 3. The van der Waals surface area contributed by atoms with Gasteiger partial charge in [0.25, 0.3) is 0 Å². The van der Waals surface area contributed by atoms with E-state index in [0.717, 1.165) is 22.6 Å². The number of nitrogens with zero attached hydrogens (tertiary/aromatic N) is 2. The first-order valence-electron chi connectivity index (χ1n) is 8.80. The van der Waals surface area contributed by atoms with Crippen molar-refractivity contribution in [3.63, 3.8) is 0 Å². The van der Waals surface area contributed by atoms with Gasteiger partial charge in [0.15, 0.2) is 5.60 Å². The van der Waals surface area contributed by atoms with Crippen molar-refractivity contribution in [2.24, 2.45) is 10.2 Å². The van der Waals surface area contributed by atoms with Crippen LogP contribution < -0.4 is 4.74 Å². The summed E-state index contributed by atoms with van der Waals surface area (Å²) in [5, 5.41) is 8.73. The molecule has 2 aromatic rings. The zero-order chi connectivity index (χ0) is 20.0. The van der Waals surface area contributed by atoms with E-state index in [1.165, 1.54) is 14.2 Å². The van der Waals surface area contributed by atoms with Gasteiger partial charge in [-0.3, -0.25) is 0 Å². The van der Waals surface area contributed by atoms with Gasteiger partial charge in [0.05, 0.1) is 25.6 Å². The van der Waals surface area contributed by atoms with Crippen LogP contribution in [0.25, 0.3) is 5.57 Å². The zero-order valence-electron chi connectivity index (χ0n) is 16.1. The number of carbonyl (C=O) groups excluding carboxylic acids is 1. The van der Waals surface area contributed by atoms with Crippen LogP contribution in [0.2, 0.25) is 0 Å². The minimum Gasteiger partial charge on any atom is -0.497 e. The number of benzene rings is 2. The van der Waals surface area contributed by atoms with E-state index in [1.807, 2.05) is 60.7 Å². The lowest BCUT2D eigenvalue weighted by atomic mass is 9.89. The average molecular weight is 378 g/mol. The Labute approximate surface area is 164 Å². The highest BCUT2D eigenvalue weighted by Gasteiger charge is 2.38. The van der Waals surface area contributed by atoms with Crippen molar-refractivity contribution >= 4 is 22.9 Å². The van der Waals surface area contributed by atoms with Crippen LogP contribution in [0.4, 0.5) is 11.4 Å². The summed E-state index contributed by atoms with van der Waals surface area (Å²) < 4.78 is 15.5. The van der Waals surface area contributed by atoms with Gasteiger partial charge < -0.3 is 14.2 Å². The fraction of sp³-hybridized carbons (Fsp3) is 0.227. The largest absolute Gasteiger partial charge is 0.497 e. The Hall–Kier alpha value is -3.25. The zero-order valence-corrected chi connectivity index (χ0v) is 16.1. The molecule has 0 fully saturated rings. The maximum absolute atomic E-state index is 12.1. The van der Waals surface area contributed by atoms with Crippen LogP contribution in [0.1, 0.15) is 12.0 Å². The lowest BCUT2D eigenvalue weighted by Crippen LogP contribution is -2.40. The summed E-state index contributed by atoms with van der Waals surface area (Å²) in [4.78, 5) is 12.1. The highest BCUT2D eigenvalue weighted by atomic mass is 16.6. The normalized spacial score (nSPS) is 18.8. The quantitative estimate of drug-likeness (QED) is 0.523. The van der Waals surface area contributed by atoms with Gasteiger partial charge in [0.1, 0.15) is 5.75 Å². The molecule has 0 N–H and O–H groups in total. The van der Waals surface area contributed by atoms with Crippen molar-refractivity contribution in [3.8, 4) is 5.75 Å². The molecule has 28 heavy (non-hydrogen) atoms. The third kappa shape index (κ3) is 4.02. The number of hydrogen-bond donors (Lipinski definition) is 0. The van der Waals surface area contributed by atoms with Gasteiger partial charge in [-0.25, -0.2) is 4.79 Å². The Bertz CT molecular complexity index is 949. The Balaban J connectivity index is 1.87. The molecule has 0 saturated heterocycles. The number of allylic oxidation sites excluding steroid dienone is 2. The van der Waals surface area contributed by atoms with Crippen LogP contribution in [0, 0.1) is 0 Å². The third-order valence-electron chi connectivity index (χ3n) is 4.59. The van der Waals surface area contributed by atoms with Crippen LogP contribution in [0.15, 0.2) is 77.0 Å². The second-order valence-corrected chi connectivity index (χ2v) is 6.20. The van der Waals surface area contributed by atoms with Crippen LogP contribution in [0.5, 0.6) is 5.75 Å². The van der Waals surface area contributed by atoms with Crippen molar-refractivity contribution in [1.82, 2.24) is 0 Å². The van der Waals surface area contributed by atoms with Gasteiger partial charge in [-0.1, -0.05) is 36.4 Å². The smallest absolute Gasteiger partial charge is 0.342 e. The van der Waals surface area contributed by atoms with Gasteiger partial charge in [-0.2, -0.15) is 5.11 Å². The maximum atomic E-state index is 12.1. The second kappa shape index (κ2) is 8.63. The van der Waals surface area contributed by atoms with Gasteiger partial charge >= 0.3 is 5.97 Å². The molecule has 0 spiro atoms. The van der Waals surface area contributed by atoms with Crippen LogP contribution >= 0.6 is 0 Å². The molecule has 0 saturated carbocycles. The molecule has 3 rings (SSSR count). The summed E-state index contributed by atoms with van der Waals surface area (Å²) in [5.41, 5.74) is 2.20. The average Bonchev–Trinajstić information content (AvgIpc) is 2.77. The van der Waals surface area contributed by atoms with Crippen LogP contribution in [0.3, 0.4) is 0 Å². The molecule has 0 radical (unpaired) electrons. The summed E-state index contributed by atoms with van der Waals surface area (Å²) in [6.45, 7) is 0. The highest BCUT2D eigenvalue weighted by molar-refractivity contribution is 5.88. The minimum absolute atomic E-state index is 0.378. The number of esters is 1. The topological polar surface area (TPSA) is 69.5 Å². The van der Waals surface area contributed by atoms with E-state index >= 15 is 0 Å². The Morgan fingerprint density at radius 1 is 1.04 bits per heavy atom. The molecular formula is C22H22N2O4. The molecule has 144 valence electrons. The standard InChI is InChI=1S/C22H22N2O4/c1-26-18-8-6-7-17(15-18)23-24-20-10-5-4-9-19(20)16-11-13-22(28-3,14-12-16)21(25)27-2/h4-13,15H,14H2,1-3H3. The number of rotatable bonds is 6. The van der Waals surface area contributed by atoms with Gasteiger partial charge in [0, 0.05) is 25.2 Å². The van der Waals surface area contributed by atoms with Gasteiger partial charge in [-0.15, -0.1) is 5.11 Å². The van der Waals surface area contributed by atoms with Gasteiger partial charge in [-0.05, 0) is 29.8 Å². The summed E-state index contributed by atoms with van der Waals surface area (Å²) in [6, 6.07) is 15.1. The first-order chi connectivity index (χ1) is 13.6. The van der Waals surface area contributed by atoms with Crippen LogP contribution in [-0.2, 0) is 14.3 Å². The maximum Gasteiger partial charge on any atom is 0.342 e. The number of azo groups is 1. The lowest BCUT2D eigenvalue weighted by molar-refractivity contribution is -0.159. The molecule has 6 heteroatoms. The molecular weight excluding hydrogens is 356 g/mol. The Morgan fingerprint density at radius 3 is 2.54 bits per heavy atom. The van der Waals surface area contributed by atoms with Gasteiger partial charge in [0.2, 0.25) is 0 Å². The lowest BCUT2D eigenvalue weighted by Gasteiger charge is -2.28. The molecule has 6 nitrogen and oxygen atoms in total. The molecule has 0 aromatic heterocycles. The van der Waals surface area contributed by atoms with Crippen molar-refractivity contribution in [3.05, 3.63) is 72.3 Å². The van der Waals surface area contributed by atoms with E-state index in [1.54, 1.807) is 13.2 Å². The van der Waals surface area contributed by atoms with E-state index in [-0.39, 0.29) is 0 Å². The monoisotopic (exact) mass is 378 g/mol. The summed E-state index contributed by atoms with van der Waals surface area (Å²) in [6.07, 6.45) is 5.90. The Kier molecular flexibility index (Phi) is 6.01. The summed E-state index contributed by atoms with van der Waals surface area (Å²) in [7, 11) is 4.46. The van der Waals surface area contributed by atoms with E-state index in [0.29, 0.717) is 12.1 Å². The predicted octanol–water partition coefficient (Wildman–Crippen LogP) is 5.01. The fourth-order valence-corrected chi connectivity index (χ4v) is 2.97. The molecule has 0 amide bonds. The molecule has 1 aliphatic rings. The second-order valence-electron chi connectivity index (χ2n) is 6.20. The highest BCUT2D eigenvalue weighted by Crippen LogP contribution is 2.35. The SMILES string of the molecule is COC(=O)C1(OC)C=CC(c2ccccc2N=Nc2cccc(OC)c2)=CC1. The Morgan fingerprint density at radius 2 is 1.86 bits per heavy atom. The van der Waals surface area contributed by atoms with Crippen molar-refractivity contribution in [1.29, 1.82) is 0 Å². The first-order valence-corrected chi connectivity index (χ1v) is 8.80.